The van der Waals surface area contributed by atoms with Gasteiger partial charge in [-0.15, -0.1) is 11.3 Å². The quantitative estimate of drug-likeness (QED) is 0.386. The summed E-state index contributed by atoms with van der Waals surface area (Å²) in [6.07, 6.45) is 0.794. The Morgan fingerprint density at radius 2 is 1.84 bits per heavy atom. The number of nitrogens with one attached hydrogen (secondary N) is 3. The minimum absolute atomic E-state index is 0.0567. The molecule has 38 heavy (non-hydrogen) atoms. The summed E-state index contributed by atoms with van der Waals surface area (Å²) in [5.41, 5.74) is -0.124. The van der Waals surface area contributed by atoms with Gasteiger partial charge < -0.3 is 20.3 Å². The number of carbonyl (C=O) groups is 4. The lowest BCUT2D eigenvalue weighted by Gasteiger charge is -2.34. The lowest BCUT2D eigenvalue weighted by molar-refractivity contribution is -0.119. The monoisotopic (exact) mass is 606 g/mol. The van der Waals surface area contributed by atoms with Gasteiger partial charge >= 0.3 is 12.1 Å². The molecule has 2 heterocycles. The number of thiophene rings is 1. The van der Waals surface area contributed by atoms with Crippen molar-refractivity contribution >= 4 is 75.8 Å². The number of carbonyl (C=O) groups excluding carboxylic acids is 4. The Kier molecular flexibility index (Phi) is 9.51. The van der Waals surface area contributed by atoms with E-state index in [1.165, 1.54) is 29.2 Å². The van der Waals surface area contributed by atoms with Gasteiger partial charge in [0, 0.05) is 24.0 Å². The van der Waals surface area contributed by atoms with Crippen LogP contribution in [0.5, 0.6) is 0 Å². The predicted molar refractivity (Wildman–Crippen MR) is 145 cm³/mol. The van der Waals surface area contributed by atoms with Crippen LogP contribution in [-0.4, -0.2) is 57.4 Å². The molecule has 9 nitrogen and oxygen atoms in total. The summed E-state index contributed by atoms with van der Waals surface area (Å²) in [5, 5.41) is 7.18. The van der Waals surface area contributed by atoms with E-state index in [4.69, 9.17) is 39.5 Å². The minimum Gasteiger partial charge on any atom is -0.444 e. The maximum absolute atomic E-state index is 13.8. The van der Waals surface area contributed by atoms with Crippen molar-refractivity contribution in [1.29, 1.82) is 0 Å². The highest BCUT2D eigenvalue weighted by Gasteiger charge is 2.33. The Labute approximate surface area is 237 Å². The van der Waals surface area contributed by atoms with Gasteiger partial charge in [-0.2, -0.15) is 0 Å². The standard InChI is InChI=1S/C24H26Cl3FN4O5S/c1-23(2,3)37-22(36)32-9-5-8-15(12-32)29-19(33)18-16(30-21(35)31-20(34)24(25,26)27)11-17(38-18)13-6-4-7-14(28)10-13/h4,6-7,10-11,15H,5,8-9,12H2,1-3H3,(H,29,33)(H2,30,31,34,35)/t15-/m0/s1. The maximum Gasteiger partial charge on any atom is 0.410 e. The third-order valence-corrected chi connectivity index (χ3v) is 6.89. The van der Waals surface area contributed by atoms with Crippen LogP contribution < -0.4 is 16.0 Å². The molecule has 5 amide bonds. The molecule has 0 radical (unpaired) electrons. The Morgan fingerprint density at radius 3 is 2.47 bits per heavy atom. The highest BCUT2D eigenvalue weighted by atomic mass is 35.6. The highest BCUT2D eigenvalue weighted by Crippen LogP contribution is 2.35. The molecule has 1 aliphatic heterocycles. The van der Waals surface area contributed by atoms with Gasteiger partial charge in [-0.25, -0.2) is 14.0 Å². The van der Waals surface area contributed by atoms with E-state index in [1.54, 1.807) is 26.8 Å². The van der Waals surface area contributed by atoms with Gasteiger partial charge in [0.25, 0.3) is 15.6 Å². The van der Waals surface area contributed by atoms with Crippen molar-refractivity contribution in [2.45, 2.75) is 49.0 Å². The first-order valence-electron chi connectivity index (χ1n) is 11.5. The number of alkyl halides is 3. The number of urea groups is 1. The zero-order chi connectivity index (χ0) is 28.3. The topological polar surface area (TPSA) is 117 Å². The fraction of sp³-hybridized carbons (Fsp3) is 0.417. The van der Waals surface area contributed by atoms with E-state index in [2.05, 4.69) is 10.6 Å². The van der Waals surface area contributed by atoms with E-state index in [0.717, 1.165) is 11.3 Å². The maximum atomic E-state index is 13.8. The molecule has 1 fully saturated rings. The molecule has 14 heteroatoms. The Bertz CT molecular complexity index is 1230. The van der Waals surface area contributed by atoms with Gasteiger partial charge in [0.15, 0.2) is 0 Å². The summed E-state index contributed by atoms with van der Waals surface area (Å²) in [7, 11) is 0. The second-order valence-corrected chi connectivity index (χ2v) is 12.8. The highest BCUT2D eigenvalue weighted by molar-refractivity contribution is 7.18. The number of nitrogens with zero attached hydrogens (tertiary/aromatic N) is 1. The molecular weight excluding hydrogens is 582 g/mol. The molecule has 2 aromatic rings. The van der Waals surface area contributed by atoms with E-state index in [0.29, 0.717) is 29.8 Å². The van der Waals surface area contributed by atoms with Crippen LogP contribution in [0.1, 0.15) is 43.3 Å². The van der Waals surface area contributed by atoms with Crippen molar-refractivity contribution in [1.82, 2.24) is 15.5 Å². The molecule has 1 aromatic carbocycles. The van der Waals surface area contributed by atoms with Crippen LogP contribution in [0.4, 0.5) is 19.7 Å². The van der Waals surface area contributed by atoms with Crippen molar-refractivity contribution in [3.63, 3.8) is 0 Å². The average molecular weight is 608 g/mol. The number of anilines is 1. The first-order chi connectivity index (χ1) is 17.6. The van der Waals surface area contributed by atoms with Crippen LogP contribution in [0.25, 0.3) is 10.4 Å². The lowest BCUT2D eigenvalue weighted by atomic mass is 10.1. The number of hydrogen-bond donors (Lipinski definition) is 3. The van der Waals surface area contributed by atoms with Gasteiger partial charge in [-0.1, -0.05) is 46.9 Å². The van der Waals surface area contributed by atoms with Crippen molar-refractivity contribution in [3.05, 3.63) is 41.0 Å². The summed E-state index contributed by atoms with van der Waals surface area (Å²) in [6, 6.07) is 5.78. The van der Waals surface area contributed by atoms with Gasteiger partial charge in [0.05, 0.1) is 5.69 Å². The number of amides is 5. The first-order valence-corrected chi connectivity index (χ1v) is 13.4. The largest absolute Gasteiger partial charge is 0.444 e. The third-order valence-electron chi connectivity index (χ3n) is 5.19. The number of likely N-dealkylation sites (tertiary alicyclic amines) is 1. The Balaban J connectivity index is 1.81. The zero-order valence-corrected chi connectivity index (χ0v) is 23.8. The Hall–Kier alpha value is -2.60. The van der Waals surface area contributed by atoms with Gasteiger partial charge in [-0.05, 0) is 57.4 Å². The molecule has 0 aliphatic carbocycles. The van der Waals surface area contributed by atoms with Crippen molar-refractivity contribution in [3.8, 4) is 10.4 Å². The molecule has 1 aromatic heterocycles. The molecule has 0 bridgehead atoms. The summed E-state index contributed by atoms with van der Waals surface area (Å²) in [4.78, 5) is 52.2. The molecule has 206 valence electrons. The SMILES string of the molecule is CC(C)(C)OC(=O)N1CCC[C@H](NC(=O)c2sc(-c3cccc(F)c3)cc2NC(=O)NC(=O)C(Cl)(Cl)Cl)C1. The van der Waals surface area contributed by atoms with Crippen LogP contribution in [-0.2, 0) is 9.53 Å². The third kappa shape index (κ3) is 8.45. The van der Waals surface area contributed by atoms with Crippen LogP contribution in [0.15, 0.2) is 30.3 Å². The number of rotatable bonds is 4. The van der Waals surface area contributed by atoms with E-state index in [-0.39, 0.29) is 23.2 Å². The molecule has 3 N–H and O–H groups in total. The van der Waals surface area contributed by atoms with E-state index in [9.17, 15) is 23.6 Å². The average Bonchev–Trinajstić information content (AvgIpc) is 3.21. The molecule has 3 rings (SSSR count). The Morgan fingerprint density at radius 1 is 1.13 bits per heavy atom. The fourth-order valence-electron chi connectivity index (χ4n) is 3.60. The zero-order valence-electron chi connectivity index (χ0n) is 20.7. The second-order valence-electron chi connectivity index (χ2n) is 9.51. The fourth-order valence-corrected chi connectivity index (χ4v) is 4.76. The first kappa shape index (κ1) is 29.9. The molecule has 1 atom stereocenters. The van der Waals surface area contributed by atoms with E-state index < -0.39 is 39.1 Å². The number of halogens is 4. The number of imide groups is 1. The molecule has 1 aliphatic rings. The van der Waals surface area contributed by atoms with Crippen molar-refractivity contribution in [2.24, 2.45) is 0 Å². The van der Waals surface area contributed by atoms with Crippen LogP contribution in [0.3, 0.4) is 0 Å². The molecule has 0 spiro atoms. The van der Waals surface area contributed by atoms with Gasteiger partial charge in [-0.3, -0.25) is 14.9 Å². The number of benzene rings is 1. The van der Waals surface area contributed by atoms with Crippen molar-refractivity contribution in [2.75, 3.05) is 18.4 Å². The smallest absolute Gasteiger partial charge is 0.410 e. The molecule has 1 saturated heterocycles. The van der Waals surface area contributed by atoms with Gasteiger partial charge in [0.2, 0.25) is 0 Å². The van der Waals surface area contributed by atoms with Crippen LogP contribution in [0.2, 0.25) is 0 Å². The number of piperidine rings is 1. The van der Waals surface area contributed by atoms with Crippen LogP contribution >= 0.6 is 46.1 Å². The molecule has 0 unspecified atom stereocenters. The minimum atomic E-state index is -2.38. The number of ether oxygens (including phenoxy) is 1. The van der Waals surface area contributed by atoms with E-state index in [1.807, 2.05) is 5.32 Å². The lowest BCUT2D eigenvalue weighted by Crippen LogP contribution is -2.50. The normalized spacial score (nSPS) is 16.0. The van der Waals surface area contributed by atoms with Gasteiger partial charge in [0.1, 0.15) is 16.3 Å². The molecular formula is C24H26Cl3FN4O5S. The predicted octanol–water partition coefficient (Wildman–Crippen LogP) is 5.70. The van der Waals surface area contributed by atoms with Crippen molar-refractivity contribution < 1.29 is 28.3 Å². The number of hydrogen-bond acceptors (Lipinski definition) is 6. The van der Waals surface area contributed by atoms with Crippen LogP contribution in [0, 0.1) is 5.82 Å². The summed E-state index contributed by atoms with van der Waals surface area (Å²) >= 11 is 17.5. The summed E-state index contributed by atoms with van der Waals surface area (Å²) in [6.45, 7) is 6.05. The van der Waals surface area contributed by atoms with E-state index >= 15 is 0 Å². The molecule has 0 saturated carbocycles. The summed E-state index contributed by atoms with van der Waals surface area (Å²) < 4.78 is 16.9. The summed E-state index contributed by atoms with van der Waals surface area (Å²) in [5.74, 6) is -2.19. The second kappa shape index (κ2) is 12.1.